The summed E-state index contributed by atoms with van der Waals surface area (Å²) in [5, 5.41) is 7.92. The molecule has 0 radical (unpaired) electrons. The number of carbonyl (C=O) groups is 2. The Bertz CT molecular complexity index is 1320. The number of hydrogen-bond donors (Lipinski definition) is 1. The minimum atomic E-state index is -5.05. The zero-order valence-electron chi connectivity index (χ0n) is 18.8. The minimum Gasteiger partial charge on any atom is -0.481 e. The number of carbonyl (C=O) groups excluding carboxylic acids is 1. The van der Waals surface area contributed by atoms with Gasteiger partial charge in [0.1, 0.15) is 0 Å². The summed E-state index contributed by atoms with van der Waals surface area (Å²) in [6, 6.07) is 5.75. The van der Waals surface area contributed by atoms with E-state index in [1.54, 1.807) is 6.92 Å². The number of amides is 1. The fraction of sp³-hybridized carbons (Fsp3) is 0.435. The van der Waals surface area contributed by atoms with Gasteiger partial charge in [-0.05, 0) is 55.2 Å². The van der Waals surface area contributed by atoms with Gasteiger partial charge >= 0.3 is 12.1 Å². The second-order valence-corrected chi connectivity index (χ2v) is 11.3. The van der Waals surface area contributed by atoms with Gasteiger partial charge in [-0.3, -0.25) is 14.6 Å². The van der Waals surface area contributed by atoms with E-state index in [4.69, 9.17) is 0 Å². The Morgan fingerprint density at radius 2 is 1.67 bits per heavy atom. The number of benzene rings is 1. The number of sulfone groups is 1. The van der Waals surface area contributed by atoms with Crippen LogP contribution in [0.4, 0.5) is 22.0 Å². The Labute approximate surface area is 202 Å². The quantitative estimate of drug-likeness (QED) is 0.588. The lowest BCUT2D eigenvalue weighted by atomic mass is 9.93. The van der Waals surface area contributed by atoms with Crippen LogP contribution in [0, 0.1) is 18.8 Å². The molecular formula is C23H21F5N2O5S. The Morgan fingerprint density at radius 1 is 1.06 bits per heavy atom. The molecule has 1 saturated heterocycles. The highest BCUT2D eigenvalue weighted by atomic mass is 32.2. The summed E-state index contributed by atoms with van der Waals surface area (Å²) in [6.45, 7) is -0.189. The van der Waals surface area contributed by atoms with E-state index in [2.05, 4.69) is 4.98 Å². The molecule has 1 N–H and O–H groups in total. The largest absolute Gasteiger partial charge is 0.481 e. The van der Waals surface area contributed by atoms with Crippen molar-refractivity contribution in [3.63, 3.8) is 0 Å². The number of hydrogen-bond acceptors (Lipinski definition) is 5. The molecule has 1 aromatic heterocycles. The van der Waals surface area contributed by atoms with E-state index >= 15 is 0 Å². The van der Waals surface area contributed by atoms with Gasteiger partial charge in [0.15, 0.2) is 9.84 Å². The number of alkyl halides is 5. The molecule has 3 atom stereocenters. The van der Waals surface area contributed by atoms with Gasteiger partial charge in [-0.2, -0.15) is 13.2 Å². The third-order valence-corrected chi connectivity index (χ3v) is 8.80. The number of aryl methyl sites for hydroxylation is 1. The van der Waals surface area contributed by atoms with Crippen LogP contribution in [0.5, 0.6) is 0 Å². The van der Waals surface area contributed by atoms with Gasteiger partial charge in [-0.15, -0.1) is 0 Å². The Hall–Kier alpha value is -3.09. The molecule has 1 aliphatic carbocycles. The molecule has 7 nitrogen and oxygen atoms in total. The molecule has 4 rings (SSSR count). The first-order valence-corrected chi connectivity index (χ1v) is 12.4. The topological polar surface area (TPSA) is 105 Å². The monoisotopic (exact) mass is 532 g/mol. The third-order valence-electron chi connectivity index (χ3n) is 6.57. The summed E-state index contributed by atoms with van der Waals surface area (Å²) in [5.41, 5.74) is -0.383. The van der Waals surface area contributed by atoms with Crippen molar-refractivity contribution < 1.29 is 45.1 Å². The predicted molar refractivity (Wildman–Crippen MR) is 116 cm³/mol. The van der Waals surface area contributed by atoms with Gasteiger partial charge in [0, 0.05) is 11.9 Å². The Morgan fingerprint density at radius 3 is 2.22 bits per heavy atom. The number of aliphatic carboxylic acids is 1. The van der Waals surface area contributed by atoms with Crippen LogP contribution in [0.3, 0.4) is 0 Å². The van der Waals surface area contributed by atoms with Crippen LogP contribution in [0.15, 0.2) is 41.4 Å². The van der Waals surface area contributed by atoms with E-state index in [1.165, 1.54) is 24.4 Å². The first-order valence-electron chi connectivity index (χ1n) is 10.9. The minimum absolute atomic E-state index is 0.105. The number of aromatic nitrogens is 1. The molecular weight excluding hydrogens is 511 g/mol. The van der Waals surface area contributed by atoms with Crippen LogP contribution in [0.1, 0.15) is 24.1 Å². The lowest BCUT2D eigenvalue weighted by Crippen LogP contribution is -2.60. The third kappa shape index (κ3) is 4.80. The molecule has 1 aromatic carbocycles. The summed E-state index contributed by atoms with van der Waals surface area (Å²) in [6.07, 6.45) is -4.84. The molecule has 36 heavy (non-hydrogen) atoms. The van der Waals surface area contributed by atoms with Crippen LogP contribution >= 0.6 is 0 Å². The predicted octanol–water partition coefficient (Wildman–Crippen LogP) is 3.81. The zero-order chi connectivity index (χ0) is 26.6. The van der Waals surface area contributed by atoms with E-state index < -0.39 is 87.3 Å². The normalized spacial score (nSPS) is 23.8. The van der Waals surface area contributed by atoms with Crippen LogP contribution in [0.2, 0.25) is 0 Å². The maximum atomic E-state index is 14.0. The SMILES string of the molecule is Cc1cc(-c2ccc(S(=O)(=O)[C@H]3C[C@@H](C(=O)O)[C@H](C(=O)N4CC(F)(F)C4)C3)c(C(F)(F)F)c2)ccn1. The van der Waals surface area contributed by atoms with Crippen LogP contribution < -0.4 is 0 Å². The molecule has 13 heteroatoms. The lowest BCUT2D eigenvalue weighted by molar-refractivity contribution is -0.172. The standard InChI is InChI=1S/C23H21F5N2O5S/c1-12-6-14(4-5-29-12)13-2-3-19(18(7-13)23(26,27)28)36(34,35)15-8-16(17(9-15)21(32)33)20(31)30-10-22(24,25)11-30/h2-7,15-17H,8-11H2,1H3,(H,32,33)/t15-,16-,17-/m1/s1. The number of nitrogens with zero attached hydrogens (tertiary/aromatic N) is 2. The molecule has 0 bridgehead atoms. The molecule has 1 amide bonds. The molecule has 194 valence electrons. The van der Waals surface area contributed by atoms with Crippen LogP contribution in [-0.2, 0) is 25.6 Å². The first kappa shape index (κ1) is 26.0. The van der Waals surface area contributed by atoms with Gasteiger partial charge in [0.05, 0.1) is 40.6 Å². The van der Waals surface area contributed by atoms with Crippen molar-refractivity contribution >= 4 is 21.7 Å². The summed E-state index contributed by atoms with van der Waals surface area (Å²) >= 11 is 0. The lowest BCUT2D eigenvalue weighted by Gasteiger charge is -2.40. The highest BCUT2D eigenvalue weighted by molar-refractivity contribution is 7.92. The molecule has 0 spiro atoms. The van der Waals surface area contributed by atoms with Crippen LogP contribution in [-0.4, -0.2) is 59.5 Å². The van der Waals surface area contributed by atoms with Crippen molar-refractivity contribution in [1.82, 2.24) is 9.88 Å². The number of pyridine rings is 1. The van der Waals surface area contributed by atoms with Gasteiger partial charge in [0.25, 0.3) is 5.92 Å². The summed E-state index contributed by atoms with van der Waals surface area (Å²) in [4.78, 5) is 28.1. The van der Waals surface area contributed by atoms with E-state index in [0.29, 0.717) is 17.3 Å². The number of halogens is 5. The van der Waals surface area contributed by atoms with Crippen molar-refractivity contribution in [2.24, 2.45) is 11.8 Å². The molecule has 0 unspecified atom stereocenters. The number of likely N-dealkylation sites (tertiary alicyclic amines) is 1. The molecule has 2 aliphatic rings. The van der Waals surface area contributed by atoms with Crippen molar-refractivity contribution in [1.29, 1.82) is 0 Å². The molecule has 2 heterocycles. The van der Waals surface area contributed by atoms with Crippen LogP contribution in [0.25, 0.3) is 11.1 Å². The maximum absolute atomic E-state index is 14.0. The average molecular weight is 532 g/mol. The summed E-state index contributed by atoms with van der Waals surface area (Å²) in [7, 11) is -4.74. The Balaban J connectivity index is 1.69. The van der Waals surface area contributed by atoms with Gasteiger partial charge in [-0.1, -0.05) is 6.07 Å². The second kappa shape index (κ2) is 8.79. The summed E-state index contributed by atoms with van der Waals surface area (Å²) < 4.78 is 95.0. The second-order valence-electron chi connectivity index (χ2n) is 9.13. The molecule has 1 saturated carbocycles. The van der Waals surface area contributed by atoms with E-state index in [0.717, 1.165) is 11.0 Å². The summed E-state index contributed by atoms with van der Waals surface area (Å²) in [5.74, 6) is -8.54. The molecule has 2 aromatic rings. The molecule has 2 fully saturated rings. The highest BCUT2D eigenvalue weighted by Crippen LogP contribution is 2.44. The fourth-order valence-corrected chi connectivity index (χ4v) is 6.80. The van der Waals surface area contributed by atoms with Crippen molar-refractivity contribution in [2.75, 3.05) is 13.1 Å². The van der Waals surface area contributed by atoms with Gasteiger partial charge < -0.3 is 10.0 Å². The molecule has 1 aliphatic heterocycles. The zero-order valence-corrected chi connectivity index (χ0v) is 19.6. The fourth-order valence-electron chi connectivity index (χ4n) is 4.78. The number of rotatable bonds is 5. The van der Waals surface area contributed by atoms with E-state index in [1.807, 2.05) is 0 Å². The smallest absolute Gasteiger partial charge is 0.417 e. The maximum Gasteiger partial charge on any atom is 0.417 e. The first-order chi connectivity index (χ1) is 16.6. The Kier molecular flexibility index (Phi) is 6.34. The van der Waals surface area contributed by atoms with E-state index in [9.17, 15) is 45.1 Å². The van der Waals surface area contributed by atoms with Crippen molar-refractivity contribution in [2.45, 2.75) is 42.0 Å². The van der Waals surface area contributed by atoms with Crippen molar-refractivity contribution in [3.8, 4) is 11.1 Å². The van der Waals surface area contributed by atoms with Gasteiger partial charge in [0.2, 0.25) is 5.91 Å². The van der Waals surface area contributed by atoms with Gasteiger partial charge in [-0.25, -0.2) is 17.2 Å². The average Bonchev–Trinajstić information content (AvgIpc) is 3.23. The highest BCUT2D eigenvalue weighted by Gasteiger charge is 2.54. The number of carboxylic acid groups (broad SMARTS) is 1. The number of carboxylic acids is 1. The van der Waals surface area contributed by atoms with Crippen molar-refractivity contribution in [3.05, 3.63) is 47.8 Å². The van der Waals surface area contributed by atoms with E-state index in [-0.39, 0.29) is 5.56 Å².